The maximum absolute atomic E-state index is 9.19. The molecule has 0 aromatic rings. The van der Waals surface area contributed by atoms with E-state index in [9.17, 15) is 5.11 Å². The van der Waals surface area contributed by atoms with Crippen molar-refractivity contribution in [2.45, 2.75) is 31.2 Å². The summed E-state index contributed by atoms with van der Waals surface area (Å²) in [4.78, 5) is 2.20. The first-order chi connectivity index (χ1) is 5.25. The minimum absolute atomic E-state index is 0.133. The van der Waals surface area contributed by atoms with Gasteiger partial charge in [0.2, 0.25) is 0 Å². The lowest BCUT2D eigenvalue weighted by Gasteiger charge is -2.30. The number of alkyl halides is 1. The molecule has 0 spiro atoms. The first-order valence-electron chi connectivity index (χ1n) is 4.00. The largest absolute Gasteiger partial charge is 0.513 e. The Morgan fingerprint density at radius 2 is 1.83 bits per heavy atom. The van der Waals surface area contributed by atoms with Crippen LogP contribution in [0.25, 0.3) is 0 Å². The Hall–Kier alpha value is 0.230. The van der Waals surface area contributed by atoms with Crippen molar-refractivity contribution in [3.63, 3.8) is 0 Å². The number of halogens is 1. The summed E-state index contributed by atoms with van der Waals surface area (Å²) in [5.74, 6) is 0.433. The van der Waals surface area contributed by atoms with Crippen molar-refractivity contribution in [1.29, 1.82) is 0 Å². The monoisotopic (exact) mass is 283 g/mol. The van der Waals surface area contributed by atoms with Crippen molar-refractivity contribution < 1.29 is 5.11 Å². The second kappa shape index (κ2) is 4.46. The van der Waals surface area contributed by atoms with Crippen molar-refractivity contribution in [1.82, 2.24) is 4.90 Å². The van der Waals surface area contributed by atoms with Crippen molar-refractivity contribution >= 4 is 22.6 Å². The van der Waals surface area contributed by atoms with Crippen molar-refractivity contribution in [3.8, 4) is 0 Å². The second-order valence-corrected chi connectivity index (χ2v) is 6.27. The summed E-state index contributed by atoms with van der Waals surface area (Å²) >= 11 is 2.38. The minimum atomic E-state index is 0.133. The van der Waals surface area contributed by atoms with Crippen LogP contribution in [-0.2, 0) is 0 Å². The molecule has 0 amide bonds. The Bertz CT molecular complexity index is 177. The normalized spacial score (nSPS) is 14.9. The van der Waals surface area contributed by atoms with Crippen LogP contribution in [0.2, 0.25) is 0 Å². The average molecular weight is 283 g/mol. The van der Waals surface area contributed by atoms with E-state index in [-0.39, 0.29) is 3.55 Å². The fourth-order valence-electron chi connectivity index (χ4n) is 0.658. The van der Waals surface area contributed by atoms with Gasteiger partial charge >= 0.3 is 0 Å². The van der Waals surface area contributed by atoms with E-state index >= 15 is 0 Å². The van der Waals surface area contributed by atoms with E-state index in [0.29, 0.717) is 5.76 Å². The highest BCUT2D eigenvalue weighted by Gasteiger charge is 2.19. The van der Waals surface area contributed by atoms with Crippen LogP contribution in [-0.4, -0.2) is 27.1 Å². The number of hydrogen-bond donors (Lipinski definition) is 1. The van der Waals surface area contributed by atoms with Crippen molar-refractivity contribution in [2.24, 2.45) is 0 Å². The van der Waals surface area contributed by atoms with Crippen LogP contribution >= 0.6 is 22.6 Å². The predicted octanol–water partition coefficient (Wildman–Crippen LogP) is 2.94. The van der Waals surface area contributed by atoms with Crippen LogP contribution in [0, 0.1) is 0 Å². The molecule has 0 aliphatic heterocycles. The summed E-state index contributed by atoms with van der Waals surface area (Å²) in [5.41, 5.74) is 1.03. The molecular formula is C9H18INO. The zero-order valence-electron chi connectivity index (χ0n) is 8.48. The van der Waals surface area contributed by atoms with Crippen molar-refractivity contribution in [3.05, 3.63) is 11.3 Å². The quantitative estimate of drug-likeness (QED) is 0.372. The van der Waals surface area contributed by atoms with E-state index in [2.05, 4.69) is 48.4 Å². The van der Waals surface area contributed by atoms with Gasteiger partial charge in [-0.1, -0.05) is 22.6 Å². The molecule has 0 aromatic carbocycles. The second-order valence-electron chi connectivity index (χ2n) is 3.63. The number of aliphatic hydroxyl groups excluding tert-OH is 1. The Morgan fingerprint density at radius 1 is 1.42 bits per heavy atom. The lowest BCUT2D eigenvalue weighted by molar-refractivity contribution is 0.275. The number of nitrogens with zero attached hydrogens (tertiary/aromatic N) is 1. The number of likely N-dealkylation sites (N-methyl/N-ethyl adjacent to an activating group) is 1. The van der Waals surface area contributed by atoms with E-state index in [1.54, 1.807) is 6.92 Å². The van der Waals surface area contributed by atoms with Gasteiger partial charge in [-0.15, -0.1) is 0 Å². The Labute approximate surface area is 88.8 Å². The van der Waals surface area contributed by atoms with Crippen LogP contribution in [0.4, 0.5) is 0 Å². The van der Waals surface area contributed by atoms with Crippen LogP contribution in [0.3, 0.4) is 0 Å². The van der Waals surface area contributed by atoms with Gasteiger partial charge in [0.05, 0.1) is 9.30 Å². The van der Waals surface area contributed by atoms with Gasteiger partial charge in [0.25, 0.3) is 0 Å². The van der Waals surface area contributed by atoms with Gasteiger partial charge in [-0.2, -0.15) is 0 Å². The van der Waals surface area contributed by atoms with Crippen LogP contribution in [0.5, 0.6) is 0 Å². The standard InChI is InChI=1S/C9H18INO/c1-7(8(2)12)6-11(5)9(3,4)10/h12H,6H2,1-5H3/b8-7-. The fourth-order valence-corrected chi connectivity index (χ4v) is 0.829. The maximum Gasteiger partial charge on any atom is 0.0893 e. The zero-order chi connectivity index (χ0) is 9.94. The van der Waals surface area contributed by atoms with Gasteiger partial charge in [0.15, 0.2) is 0 Å². The molecule has 0 radical (unpaired) electrons. The predicted molar refractivity (Wildman–Crippen MR) is 61.7 cm³/mol. The van der Waals surface area contributed by atoms with Crippen molar-refractivity contribution in [2.75, 3.05) is 13.6 Å². The molecule has 0 bridgehead atoms. The molecule has 0 heterocycles. The zero-order valence-corrected chi connectivity index (χ0v) is 10.6. The number of rotatable bonds is 3. The molecule has 12 heavy (non-hydrogen) atoms. The Balaban J connectivity index is 4.21. The summed E-state index contributed by atoms with van der Waals surface area (Å²) in [7, 11) is 2.05. The number of hydrogen-bond acceptors (Lipinski definition) is 2. The molecule has 0 atom stereocenters. The molecule has 72 valence electrons. The third-order valence-corrected chi connectivity index (χ3v) is 2.82. The van der Waals surface area contributed by atoms with E-state index in [1.807, 2.05) is 6.92 Å². The topological polar surface area (TPSA) is 23.5 Å². The highest BCUT2D eigenvalue weighted by Crippen LogP contribution is 2.21. The van der Waals surface area contributed by atoms with Gasteiger partial charge in [-0.05, 0) is 40.3 Å². The summed E-state index contributed by atoms with van der Waals surface area (Å²) in [6, 6.07) is 0. The summed E-state index contributed by atoms with van der Waals surface area (Å²) < 4.78 is 0.133. The Kier molecular flexibility index (Phi) is 4.55. The van der Waals surface area contributed by atoms with Crippen LogP contribution in [0.15, 0.2) is 11.3 Å². The SMILES string of the molecule is C/C(O)=C(\C)CN(C)C(C)(C)I. The van der Waals surface area contributed by atoms with E-state index in [0.717, 1.165) is 12.1 Å². The van der Waals surface area contributed by atoms with Gasteiger partial charge in [0.1, 0.15) is 0 Å². The van der Waals surface area contributed by atoms with E-state index in [1.165, 1.54) is 0 Å². The molecule has 0 unspecified atom stereocenters. The molecule has 3 heteroatoms. The van der Waals surface area contributed by atoms with Crippen LogP contribution < -0.4 is 0 Å². The molecule has 0 fully saturated rings. The summed E-state index contributed by atoms with van der Waals surface area (Å²) in [5, 5.41) is 9.19. The van der Waals surface area contributed by atoms with Crippen LogP contribution in [0.1, 0.15) is 27.7 Å². The summed E-state index contributed by atoms with van der Waals surface area (Å²) in [6.07, 6.45) is 0. The lowest BCUT2D eigenvalue weighted by Crippen LogP contribution is -2.36. The fraction of sp³-hybridized carbons (Fsp3) is 0.778. The third kappa shape index (κ3) is 4.30. The van der Waals surface area contributed by atoms with E-state index in [4.69, 9.17) is 0 Å². The third-order valence-electron chi connectivity index (χ3n) is 2.00. The molecule has 0 aromatic heterocycles. The molecule has 0 aliphatic carbocycles. The smallest absolute Gasteiger partial charge is 0.0893 e. The molecule has 0 saturated carbocycles. The molecule has 1 N–H and O–H groups in total. The summed E-state index contributed by atoms with van der Waals surface area (Å²) in [6.45, 7) is 8.79. The highest BCUT2D eigenvalue weighted by molar-refractivity contribution is 14.1. The molecule has 2 nitrogen and oxygen atoms in total. The molecule has 0 saturated heterocycles. The molecule has 0 aliphatic rings. The molecule has 0 rings (SSSR count). The van der Waals surface area contributed by atoms with Gasteiger partial charge < -0.3 is 5.11 Å². The Morgan fingerprint density at radius 3 is 2.08 bits per heavy atom. The average Bonchev–Trinajstić information content (AvgIpc) is 1.85. The number of aliphatic hydroxyl groups is 1. The lowest BCUT2D eigenvalue weighted by atomic mass is 10.2. The van der Waals surface area contributed by atoms with Gasteiger partial charge in [-0.3, -0.25) is 4.90 Å². The minimum Gasteiger partial charge on any atom is -0.513 e. The molecular weight excluding hydrogens is 265 g/mol. The number of allylic oxidation sites excluding steroid dienone is 1. The highest BCUT2D eigenvalue weighted by atomic mass is 127. The van der Waals surface area contributed by atoms with E-state index < -0.39 is 0 Å². The maximum atomic E-state index is 9.19. The van der Waals surface area contributed by atoms with Gasteiger partial charge in [0, 0.05) is 6.54 Å². The first kappa shape index (κ1) is 12.2. The van der Waals surface area contributed by atoms with Gasteiger partial charge in [-0.25, -0.2) is 0 Å². The first-order valence-corrected chi connectivity index (χ1v) is 5.08.